The molecule has 0 aromatic heterocycles. The molecule has 3 nitrogen and oxygen atoms in total. The van der Waals surface area contributed by atoms with Crippen LogP contribution < -0.4 is 10.1 Å². The van der Waals surface area contributed by atoms with Crippen molar-refractivity contribution < 1.29 is 13.5 Å². The van der Waals surface area contributed by atoms with E-state index in [2.05, 4.69) is 16.1 Å². The summed E-state index contributed by atoms with van der Waals surface area (Å²) in [5.41, 5.74) is 0.682. The highest BCUT2D eigenvalue weighted by Crippen LogP contribution is 2.30. The molecule has 0 saturated carbocycles. The van der Waals surface area contributed by atoms with E-state index in [4.69, 9.17) is 16.9 Å². The van der Waals surface area contributed by atoms with Crippen molar-refractivity contribution in [2.45, 2.75) is 33.3 Å². The van der Waals surface area contributed by atoms with Crippen molar-refractivity contribution in [3.63, 3.8) is 0 Å². The van der Waals surface area contributed by atoms with E-state index in [-0.39, 0.29) is 16.2 Å². The molecule has 1 aromatic carbocycles. The van der Waals surface area contributed by atoms with Crippen molar-refractivity contribution in [3.05, 3.63) is 23.2 Å². The molecule has 0 atom stereocenters. The molecule has 0 heterocycles. The summed E-state index contributed by atoms with van der Waals surface area (Å²) in [6, 6.07) is 6.69. The summed E-state index contributed by atoms with van der Waals surface area (Å²) < 4.78 is 28.5. The first kappa shape index (κ1) is 16.5. The fourth-order valence-electron chi connectivity index (χ4n) is 1.63. The summed E-state index contributed by atoms with van der Waals surface area (Å²) in [5, 5.41) is 11.9. The molecule has 0 aliphatic carbocycles. The third-order valence-corrected chi connectivity index (χ3v) is 3.13. The molecule has 1 N–H and O–H groups in total. The number of anilines is 1. The number of nitrogens with one attached hydrogen (secondary N) is 1. The Balaban J connectivity index is 2.61. The molecule has 1 rings (SSSR count). The third-order valence-electron chi connectivity index (χ3n) is 2.83. The Kier molecular flexibility index (Phi) is 6.03. The van der Waals surface area contributed by atoms with E-state index in [0.29, 0.717) is 13.0 Å². The van der Waals surface area contributed by atoms with Crippen LogP contribution in [0, 0.1) is 16.7 Å². The lowest BCUT2D eigenvalue weighted by molar-refractivity contribution is -0.0497. The second-order valence-electron chi connectivity index (χ2n) is 5.20. The molecule has 20 heavy (non-hydrogen) atoms. The van der Waals surface area contributed by atoms with E-state index in [1.54, 1.807) is 12.1 Å². The fourth-order valence-corrected chi connectivity index (χ4v) is 1.85. The zero-order chi connectivity index (χ0) is 15.2. The number of rotatable bonds is 7. The lowest BCUT2D eigenvalue weighted by Gasteiger charge is -2.24. The van der Waals surface area contributed by atoms with Gasteiger partial charge in [0.2, 0.25) is 0 Å². The molecule has 0 amide bonds. The molecule has 0 saturated heterocycles. The first-order valence-corrected chi connectivity index (χ1v) is 6.57. The van der Waals surface area contributed by atoms with Crippen molar-refractivity contribution in [2.75, 3.05) is 11.9 Å². The minimum atomic E-state index is -2.89. The molecule has 0 fully saturated rings. The molecular weight excluding hydrogens is 286 g/mol. The molecule has 6 heteroatoms. The van der Waals surface area contributed by atoms with Crippen LogP contribution in [0.25, 0.3) is 0 Å². The summed E-state index contributed by atoms with van der Waals surface area (Å²) in [6.07, 6.45) is 1.27. The predicted molar refractivity (Wildman–Crippen MR) is 75.2 cm³/mol. The van der Waals surface area contributed by atoms with Crippen molar-refractivity contribution in [1.82, 2.24) is 0 Å². The van der Waals surface area contributed by atoms with Gasteiger partial charge in [0.1, 0.15) is 5.75 Å². The molecule has 0 unspecified atom stereocenters. The Morgan fingerprint density at radius 2 is 2.15 bits per heavy atom. The standard InChI is InChI=1S/C14H17ClF2N2O/c1-14(2,6-3-7-18)9-19-10-4-5-12(11(15)8-10)20-13(16)17/h4-5,8,13,19H,3,6,9H2,1-2H3. The molecule has 0 aliphatic rings. The Hall–Kier alpha value is -1.54. The highest BCUT2D eigenvalue weighted by atomic mass is 35.5. The van der Waals surface area contributed by atoms with E-state index in [9.17, 15) is 8.78 Å². The summed E-state index contributed by atoms with van der Waals surface area (Å²) in [5.74, 6) is -0.0454. The number of halogens is 3. The van der Waals surface area contributed by atoms with Crippen molar-refractivity contribution in [2.24, 2.45) is 5.41 Å². The molecular formula is C14H17ClF2N2O. The van der Waals surface area contributed by atoms with Crippen molar-refractivity contribution in [3.8, 4) is 11.8 Å². The minimum absolute atomic E-state index is 0.0413. The highest BCUT2D eigenvalue weighted by molar-refractivity contribution is 6.32. The Morgan fingerprint density at radius 3 is 2.70 bits per heavy atom. The Bertz CT molecular complexity index is 487. The Labute approximate surface area is 122 Å². The van der Waals surface area contributed by atoms with E-state index >= 15 is 0 Å². The quantitative estimate of drug-likeness (QED) is 0.795. The van der Waals surface area contributed by atoms with Crippen LogP contribution >= 0.6 is 11.6 Å². The van der Waals surface area contributed by atoms with Gasteiger partial charge in [-0.2, -0.15) is 14.0 Å². The molecule has 0 aliphatic heterocycles. The van der Waals surface area contributed by atoms with Gasteiger partial charge in [0.05, 0.1) is 11.1 Å². The second-order valence-corrected chi connectivity index (χ2v) is 5.61. The lowest BCUT2D eigenvalue weighted by Crippen LogP contribution is -2.22. The number of ether oxygens (including phenoxy) is 1. The SMILES string of the molecule is CC(C)(CCC#N)CNc1ccc(OC(F)F)c(Cl)c1. The van der Waals surface area contributed by atoms with E-state index in [1.165, 1.54) is 6.07 Å². The summed E-state index contributed by atoms with van der Waals surface area (Å²) in [4.78, 5) is 0. The Morgan fingerprint density at radius 1 is 1.45 bits per heavy atom. The van der Waals surface area contributed by atoms with Gasteiger partial charge in [-0.05, 0) is 30.0 Å². The van der Waals surface area contributed by atoms with Crippen molar-refractivity contribution >= 4 is 17.3 Å². The number of nitriles is 1. The maximum atomic E-state index is 12.1. The molecule has 0 bridgehead atoms. The van der Waals surface area contributed by atoms with Crippen LogP contribution in [-0.4, -0.2) is 13.2 Å². The highest BCUT2D eigenvalue weighted by Gasteiger charge is 2.17. The van der Waals surface area contributed by atoms with Gasteiger partial charge in [0.25, 0.3) is 0 Å². The molecule has 110 valence electrons. The normalized spacial score (nSPS) is 11.2. The average molecular weight is 303 g/mol. The smallest absolute Gasteiger partial charge is 0.387 e. The van der Waals surface area contributed by atoms with Crippen LogP contribution in [0.2, 0.25) is 5.02 Å². The van der Waals surface area contributed by atoms with E-state index in [0.717, 1.165) is 12.1 Å². The maximum Gasteiger partial charge on any atom is 0.387 e. The summed E-state index contributed by atoms with van der Waals surface area (Å²) in [7, 11) is 0. The molecule has 1 aromatic rings. The van der Waals surface area contributed by atoms with Gasteiger partial charge < -0.3 is 10.1 Å². The molecule has 0 radical (unpaired) electrons. The van der Waals surface area contributed by atoms with Crippen LogP contribution in [0.5, 0.6) is 5.75 Å². The predicted octanol–water partition coefficient (Wildman–Crippen LogP) is 4.68. The van der Waals surface area contributed by atoms with Crippen LogP contribution in [0.1, 0.15) is 26.7 Å². The monoisotopic (exact) mass is 302 g/mol. The number of hydrogen-bond donors (Lipinski definition) is 1. The second kappa shape index (κ2) is 7.30. The summed E-state index contributed by atoms with van der Waals surface area (Å²) >= 11 is 5.87. The minimum Gasteiger partial charge on any atom is -0.433 e. The van der Waals surface area contributed by atoms with Gasteiger partial charge in [-0.1, -0.05) is 25.4 Å². The first-order chi connectivity index (χ1) is 9.34. The lowest BCUT2D eigenvalue weighted by atomic mass is 9.88. The molecule has 0 spiro atoms. The van der Waals surface area contributed by atoms with Gasteiger partial charge in [-0.15, -0.1) is 0 Å². The van der Waals surface area contributed by atoms with Gasteiger partial charge in [0, 0.05) is 18.7 Å². The fraction of sp³-hybridized carbons (Fsp3) is 0.500. The zero-order valence-corrected chi connectivity index (χ0v) is 12.2. The number of alkyl halides is 2. The van der Waals surface area contributed by atoms with Crippen molar-refractivity contribution in [1.29, 1.82) is 5.26 Å². The van der Waals surface area contributed by atoms with Gasteiger partial charge in [-0.3, -0.25) is 0 Å². The van der Waals surface area contributed by atoms with Gasteiger partial charge >= 0.3 is 6.61 Å². The topological polar surface area (TPSA) is 45.0 Å². The zero-order valence-electron chi connectivity index (χ0n) is 11.4. The van der Waals surface area contributed by atoms with Crippen LogP contribution in [0.15, 0.2) is 18.2 Å². The number of benzene rings is 1. The van der Waals surface area contributed by atoms with E-state index in [1.807, 2.05) is 13.8 Å². The van der Waals surface area contributed by atoms with E-state index < -0.39 is 6.61 Å². The third kappa shape index (κ3) is 5.62. The van der Waals surface area contributed by atoms with Gasteiger partial charge in [0.15, 0.2) is 0 Å². The largest absolute Gasteiger partial charge is 0.433 e. The maximum absolute atomic E-state index is 12.1. The van der Waals surface area contributed by atoms with Gasteiger partial charge in [-0.25, -0.2) is 0 Å². The average Bonchev–Trinajstić information content (AvgIpc) is 2.37. The first-order valence-electron chi connectivity index (χ1n) is 6.19. The van der Waals surface area contributed by atoms with Crippen LogP contribution in [-0.2, 0) is 0 Å². The number of hydrogen-bond acceptors (Lipinski definition) is 3. The van der Waals surface area contributed by atoms with Crippen LogP contribution in [0.3, 0.4) is 0 Å². The number of nitrogens with zero attached hydrogens (tertiary/aromatic N) is 1. The van der Waals surface area contributed by atoms with Crippen LogP contribution in [0.4, 0.5) is 14.5 Å². The summed E-state index contributed by atoms with van der Waals surface area (Å²) in [6.45, 7) is 1.86.